The lowest BCUT2D eigenvalue weighted by molar-refractivity contribution is -0.187. The minimum absolute atomic E-state index is 0.0240. The minimum atomic E-state index is -4.37. The van der Waals surface area contributed by atoms with Gasteiger partial charge in [-0.1, -0.05) is 12.1 Å². The zero-order chi connectivity index (χ0) is 32.3. The van der Waals surface area contributed by atoms with E-state index in [0.717, 1.165) is 18.2 Å². The quantitative estimate of drug-likeness (QED) is 0.0671. The van der Waals surface area contributed by atoms with Crippen LogP contribution in [-0.2, 0) is 20.4 Å². The molecule has 0 bridgehead atoms. The number of hydrogen-bond donors (Lipinski definition) is 2. The summed E-state index contributed by atoms with van der Waals surface area (Å²) >= 11 is 0. The monoisotopic (exact) mass is 626 g/mol. The second-order valence-corrected chi connectivity index (χ2v) is 9.28. The molecule has 3 aromatic carbocycles. The van der Waals surface area contributed by atoms with Gasteiger partial charge in [0.25, 0.3) is 0 Å². The van der Waals surface area contributed by atoms with Gasteiger partial charge in [-0.3, -0.25) is 0 Å². The van der Waals surface area contributed by atoms with E-state index in [0.29, 0.717) is 23.0 Å². The number of ether oxygens (including phenoxy) is 4. The standard InChI is InChI=1S/C30H28F6N2O6/c31-26-18-24(41-12-1-11-29(32,33)34)8-9-25(26)30(35,36)44-23-6-3-19(4-7-23)5-10-27(39)42-13-2-14-43-28(40)20-15-21(37)17-22(38)16-20/h3-10,15-18H,1-2,11-14,37-38H2. The Morgan fingerprint density at radius 3 is 2.05 bits per heavy atom. The molecule has 236 valence electrons. The lowest BCUT2D eigenvalue weighted by Crippen LogP contribution is -2.23. The summed E-state index contributed by atoms with van der Waals surface area (Å²) in [6.45, 7) is -0.438. The van der Waals surface area contributed by atoms with Gasteiger partial charge in [-0.05, 0) is 60.5 Å². The van der Waals surface area contributed by atoms with Gasteiger partial charge in [0, 0.05) is 36.4 Å². The first-order chi connectivity index (χ1) is 20.7. The van der Waals surface area contributed by atoms with Crippen LogP contribution in [-0.4, -0.2) is 37.9 Å². The highest BCUT2D eigenvalue weighted by molar-refractivity contribution is 5.91. The van der Waals surface area contributed by atoms with E-state index < -0.39 is 42.0 Å². The Labute approximate surface area is 248 Å². The van der Waals surface area contributed by atoms with Gasteiger partial charge in [0.1, 0.15) is 22.9 Å². The topological polar surface area (TPSA) is 123 Å². The van der Waals surface area contributed by atoms with E-state index >= 15 is 0 Å². The van der Waals surface area contributed by atoms with Crippen LogP contribution in [0, 0.1) is 5.82 Å². The molecule has 14 heteroatoms. The van der Waals surface area contributed by atoms with Crippen LogP contribution in [0.3, 0.4) is 0 Å². The molecular formula is C30H28F6N2O6. The highest BCUT2D eigenvalue weighted by Gasteiger charge is 2.38. The van der Waals surface area contributed by atoms with Crippen LogP contribution in [0.2, 0.25) is 0 Å². The van der Waals surface area contributed by atoms with Gasteiger partial charge < -0.3 is 30.4 Å². The maximum Gasteiger partial charge on any atom is 0.429 e. The summed E-state index contributed by atoms with van der Waals surface area (Å²) in [4.78, 5) is 24.0. The number of nitrogens with two attached hydrogens (primary N) is 2. The molecule has 44 heavy (non-hydrogen) atoms. The molecule has 0 spiro atoms. The van der Waals surface area contributed by atoms with Crippen LogP contribution in [0.1, 0.15) is 40.7 Å². The zero-order valence-electron chi connectivity index (χ0n) is 23.0. The van der Waals surface area contributed by atoms with Crippen LogP contribution in [0.15, 0.2) is 66.7 Å². The second-order valence-electron chi connectivity index (χ2n) is 9.28. The first kappa shape index (κ1) is 33.6. The van der Waals surface area contributed by atoms with E-state index in [4.69, 9.17) is 25.7 Å². The first-order valence-electron chi connectivity index (χ1n) is 13.1. The molecule has 0 heterocycles. The summed E-state index contributed by atoms with van der Waals surface area (Å²) in [5.74, 6) is -3.21. The summed E-state index contributed by atoms with van der Waals surface area (Å²) < 4.78 is 99.9. The van der Waals surface area contributed by atoms with E-state index in [-0.39, 0.29) is 49.7 Å². The van der Waals surface area contributed by atoms with Crippen molar-refractivity contribution in [3.05, 3.63) is 89.2 Å². The maximum atomic E-state index is 14.6. The van der Waals surface area contributed by atoms with Crippen molar-refractivity contribution >= 4 is 29.4 Å². The van der Waals surface area contributed by atoms with Crippen LogP contribution >= 0.6 is 0 Å². The molecule has 0 fully saturated rings. The van der Waals surface area contributed by atoms with Crippen molar-refractivity contribution in [3.8, 4) is 11.5 Å². The molecule has 0 aliphatic rings. The van der Waals surface area contributed by atoms with Gasteiger partial charge in [-0.2, -0.15) is 22.0 Å². The van der Waals surface area contributed by atoms with E-state index in [1.807, 2.05) is 0 Å². The molecule has 0 saturated carbocycles. The van der Waals surface area contributed by atoms with Crippen molar-refractivity contribution in [1.29, 1.82) is 0 Å². The Kier molecular flexibility index (Phi) is 11.5. The third-order valence-electron chi connectivity index (χ3n) is 5.64. The van der Waals surface area contributed by atoms with Gasteiger partial charge in [0.2, 0.25) is 0 Å². The highest BCUT2D eigenvalue weighted by Crippen LogP contribution is 2.35. The SMILES string of the molecule is Nc1cc(N)cc(C(=O)OCCCOC(=O)C=Cc2ccc(OC(F)(F)c3ccc(OCCCC(F)(F)F)cc3F)cc2)c1. The molecule has 0 unspecified atom stereocenters. The minimum Gasteiger partial charge on any atom is -0.493 e. The molecule has 0 atom stereocenters. The molecule has 4 N–H and O–H groups in total. The Hall–Kier alpha value is -4.88. The second kappa shape index (κ2) is 15.0. The number of rotatable bonds is 14. The average Bonchev–Trinajstić information content (AvgIpc) is 2.93. The van der Waals surface area contributed by atoms with Gasteiger partial charge in [0.05, 0.1) is 25.4 Å². The number of carbonyl (C=O) groups is 2. The van der Waals surface area contributed by atoms with Crippen molar-refractivity contribution in [1.82, 2.24) is 0 Å². The number of nitrogen functional groups attached to an aromatic ring is 2. The zero-order valence-corrected chi connectivity index (χ0v) is 23.0. The molecule has 3 rings (SSSR count). The molecule has 8 nitrogen and oxygen atoms in total. The summed E-state index contributed by atoms with van der Waals surface area (Å²) in [5.41, 5.74) is 11.4. The van der Waals surface area contributed by atoms with Crippen molar-refractivity contribution < 1.29 is 54.9 Å². The van der Waals surface area contributed by atoms with Crippen molar-refractivity contribution in [2.24, 2.45) is 0 Å². The smallest absolute Gasteiger partial charge is 0.429 e. The third-order valence-corrected chi connectivity index (χ3v) is 5.64. The van der Waals surface area contributed by atoms with Gasteiger partial charge >= 0.3 is 24.2 Å². The first-order valence-corrected chi connectivity index (χ1v) is 13.1. The fourth-order valence-corrected chi connectivity index (χ4v) is 3.62. The Bertz CT molecular complexity index is 1440. The number of alkyl halides is 5. The summed E-state index contributed by atoms with van der Waals surface area (Å²) in [6.07, 6.45) is -7.23. The Morgan fingerprint density at radius 1 is 0.773 bits per heavy atom. The molecule has 0 aliphatic heterocycles. The maximum absolute atomic E-state index is 14.6. The van der Waals surface area contributed by atoms with Crippen molar-refractivity contribution in [2.45, 2.75) is 31.5 Å². The van der Waals surface area contributed by atoms with Crippen molar-refractivity contribution in [3.63, 3.8) is 0 Å². The Balaban J connectivity index is 1.42. The van der Waals surface area contributed by atoms with Gasteiger partial charge in [-0.25, -0.2) is 14.0 Å². The van der Waals surface area contributed by atoms with Crippen molar-refractivity contribution in [2.75, 3.05) is 31.3 Å². The third kappa shape index (κ3) is 11.1. The number of hydrogen-bond acceptors (Lipinski definition) is 8. The Morgan fingerprint density at radius 2 is 1.41 bits per heavy atom. The average molecular weight is 627 g/mol. The molecular weight excluding hydrogens is 598 g/mol. The molecule has 0 aliphatic carbocycles. The molecule has 3 aromatic rings. The summed E-state index contributed by atoms with van der Waals surface area (Å²) in [6, 6.07) is 11.8. The van der Waals surface area contributed by atoms with Gasteiger partial charge in [0.15, 0.2) is 0 Å². The van der Waals surface area contributed by atoms with E-state index in [1.165, 1.54) is 48.5 Å². The lowest BCUT2D eigenvalue weighted by atomic mass is 10.1. The highest BCUT2D eigenvalue weighted by atomic mass is 19.4. The molecule has 0 saturated heterocycles. The van der Waals surface area contributed by atoms with Crippen LogP contribution in [0.5, 0.6) is 11.5 Å². The van der Waals surface area contributed by atoms with Crippen LogP contribution in [0.25, 0.3) is 6.08 Å². The van der Waals surface area contributed by atoms with E-state index in [9.17, 15) is 35.9 Å². The molecule has 0 aromatic heterocycles. The summed E-state index contributed by atoms with van der Waals surface area (Å²) in [7, 11) is 0. The van der Waals surface area contributed by atoms with Gasteiger partial charge in [-0.15, -0.1) is 0 Å². The molecule has 0 radical (unpaired) electrons. The van der Waals surface area contributed by atoms with E-state index in [2.05, 4.69) is 4.74 Å². The fourth-order valence-electron chi connectivity index (χ4n) is 3.62. The lowest BCUT2D eigenvalue weighted by Gasteiger charge is -2.19. The molecule has 0 amide bonds. The fraction of sp³-hybridized carbons (Fsp3) is 0.267. The number of halogens is 6. The number of esters is 2. The summed E-state index contributed by atoms with van der Waals surface area (Å²) in [5, 5.41) is 0. The van der Waals surface area contributed by atoms with E-state index in [1.54, 1.807) is 0 Å². The predicted molar refractivity (Wildman–Crippen MR) is 148 cm³/mol. The van der Waals surface area contributed by atoms with Crippen LogP contribution < -0.4 is 20.9 Å². The predicted octanol–water partition coefficient (Wildman–Crippen LogP) is 6.64. The van der Waals surface area contributed by atoms with Crippen LogP contribution in [0.4, 0.5) is 37.7 Å². The number of anilines is 2. The number of carbonyl (C=O) groups excluding carboxylic acids is 2. The normalized spacial score (nSPS) is 11.8. The largest absolute Gasteiger partial charge is 0.493 e. The number of benzene rings is 3.